The van der Waals surface area contributed by atoms with E-state index in [0.29, 0.717) is 6.54 Å². The lowest BCUT2D eigenvalue weighted by Gasteiger charge is -2.31. The second-order valence-corrected chi connectivity index (χ2v) is 5.02. The minimum absolute atomic E-state index is 0.109. The molecule has 1 N–H and O–H groups in total. The summed E-state index contributed by atoms with van der Waals surface area (Å²) in [6, 6.07) is -0.0320. The third-order valence-corrected chi connectivity index (χ3v) is 3.49. The van der Waals surface area contributed by atoms with Crippen molar-refractivity contribution in [3.8, 4) is 0 Å². The van der Waals surface area contributed by atoms with Gasteiger partial charge in [0.25, 0.3) is 0 Å². The summed E-state index contributed by atoms with van der Waals surface area (Å²) in [5, 5.41) is 8.94. The molecule has 0 aliphatic heterocycles. The number of urea groups is 1. The molecule has 0 radical (unpaired) electrons. The van der Waals surface area contributed by atoms with E-state index in [-0.39, 0.29) is 18.6 Å². The summed E-state index contributed by atoms with van der Waals surface area (Å²) < 4.78 is 0. The number of rotatable bonds is 6. The topological polar surface area (TPSA) is 60.9 Å². The van der Waals surface area contributed by atoms with Gasteiger partial charge >= 0.3 is 12.0 Å². The van der Waals surface area contributed by atoms with Crippen molar-refractivity contribution in [3.05, 3.63) is 0 Å². The van der Waals surface area contributed by atoms with Crippen LogP contribution in [0, 0.1) is 0 Å². The summed E-state index contributed by atoms with van der Waals surface area (Å²) in [6.07, 6.45) is 6.02. The van der Waals surface area contributed by atoms with Gasteiger partial charge in [0.15, 0.2) is 0 Å². The first-order chi connectivity index (χ1) is 8.56. The predicted octanol–water partition coefficient (Wildman–Crippen LogP) is 2.17. The highest BCUT2D eigenvalue weighted by Gasteiger charge is 2.29. The van der Waals surface area contributed by atoms with E-state index in [0.717, 1.165) is 38.5 Å². The van der Waals surface area contributed by atoms with Crippen LogP contribution in [0.2, 0.25) is 0 Å². The van der Waals surface area contributed by atoms with Gasteiger partial charge in [0.1, 0.15) is 6.54 Å². The molecule has 5 heteroatoms. The van der Waals surface area contributed by atoms with E-state index >= 15 is 0 Å². The van der Waals surface area contributed by atoms with E-state index in [1.807, 2.05) is 0 Å². The molecule has 0 unspecified atom stereocenters. The lowest BCUT2D eigenvalue weighted by atomic mass is 10.2. The zero-order valence-corrected chi connectivity index (χ0v) is 11.4. The van der Waals surface area contributed by atoms with Crippen molar-refractivity contribution in [2.24, 2.45) is 0 Å². The van der Waals surface area contributed by atoms with Gasteiger partial charge in [-0.1, -0.05) is 26.2 Å². The Labute approximate surface area is 109 Å². The van der Waals surface area contributed by atoms with Gasteiger partial charge in [0.05, 0.1) is 0 Å². The molecule has 0 aromatic carbocycles. The number of carboxylic acid groups (broad SMARTS) is 1. The number of aliphatic carboxylic acids is 1. The highest BCUT2D eigenvalue weighted by molar-refractivity contribution is 5.80. The Morgan fingerprint density at radius 3 is 2.39 bits per heavy atom. The van der Waals surface area contributed by atoms with Crippen LogP contribution in [0.5, 0.6) is 0 Å². The van der Waals surface area contributed by atoms with Crippen molar-refractivity contribution in [2.75, 3.05) is 20.1 Å². The molecule has 0 spiro atoms. The van der Waals surface area contributed by atoms with Crippen molar-refractivity contribution >= 4 is 12.0 Å². The lowest BCUT2D eigenvalue weighted by Crippen LogP contribution is -2.48. The van der Waals surface area contributed by atoms with Gasteiger partial charge in [-0.25, -0.2) is 4.79 Å². The summed E-state index contributed by atoms with van der Waals surface area (Å²) in [5.74, 6) is -0.931. The minimum Gasteiger partial charge on any atom is -0.480 e. The van der Waals surface area contributed by atoms with Gasteiger partial charge in [0.2, 0.25) is 0 Å². The average molecular weight is 256 g/mol. The number of nitrogens with zero attached hydrogens (tertiary/aromatic N) is 2. The van der Waals surface area contributed by atoms with Crippen LogP contribution in [-0.4, -0.2) is 53.1 Å². The number of amides is 2. The van der Waals surface area contributed by atoms with Crippen LogP contribution in [0.15, 0.2) is 0 Å². The van der Waals surface area contributed by atoms with E-state index in [9.17, 15) is 9.59 Å². The average Bonchev–Trinajstić information content (AvgIpc) is 2.85. The smallest absolute Gasteiger partial charge is 0.323 e. The van der Waals surface area contributed by atoms with Crippen LogP contribution in [0.3, 0.4) is 0 Å². The molecule has 2 amide bonds. The molecular weight excluding hydrogens is 232 g/mol. The monoisotopic (exact) mass is 256 g/mol. The third-order valence-electron chi connectivity index (χ3n) is 3.49. The molecule has 0 heterocycles. The quantitative estimate of drug-likeness (QED) is 0.792. The van der Waals surface area contributed by atoms with Gasteiger partial charge < -0.3 is 14.9 Å². The molecule has 1 aliphatic rings. The number of unbranched alkanes of at least 4 members (excludes halogenated alkanes) is 1. The molecule has 104 valence electrons. The van der Waals surface area contributed by atoms with Crippen LogP contribution in [0.1, 0.15) is 45.4 Å². The Kier molecular flexibility index (Phi) is 5.95. The summed E-state index contributed by atoms with van der Waals surface area (Å²) in [7, 11) is 1.75. The molecule has 0 atom stereocenters. The van der Waals surface area contributed by atoms with Crippen molar-refractivity contribution in [1.82, 2.24) is 9.80 Å². The SMILES string of the molecule is CCCCN(C)C(=O)N(CC(=O)O)C1CCCC1. The first kappa shape index (κ1) is 14.8. The standard InChI is InChI=1S/C13H24N2O3/c1-3-4-9-14(2)13(18)15(10-12(16)17)11-7-5-6-8-11/h11H,3-10H2,1-2H3,(H,16,17). The van der Waals surface area contributed by atoms with Crippen molar-refractivity contribution < 1.29 is 14.7 Å². The molecule has 0 aromatic heterocycles. The van der Waals surface area contributed by atoms with Gasteiger partial charge in [0, 0.05) is 19.6 Å². The molecule has 1 fully saturated rings. The maximum Gasteiger partial charge on any atom is 0.323 e. The van der Waals surface area contributed by atoms with E-state index in [4.69, 9.17) is 5.11 Å². The Balaban J connectivity index is 2.62. The summed E-state index contributed by atoms with van der Waals surface area (Å²) in [4.78, 5) is 26.3. The largest absolute Gasteiger partial charge is 0.480 e. The van der Waals surface area contributed by atoms with Crippen LogP contribution in [0.25, 0.3) is 0 Å². The van der Waals surface area contributed by atoms with Crippen LogP contribution < -0.4 is 0 Å². The maximum atomic E-state index is 12.3. The second-order valence-electron chi connectivity index (χ2n) is 5.02. The van der Waals surface area contributed by atoms with Gasteiger partial charge in [-0.05, 0) is 19.3 Å². The van der Waals surface area contributed by atoms with Crippen molar-refractivity contribution in [3.63, 3.8) is 0 Å². The lowest BCUT2D eigenvalue weighted by molar-refractivity contribution is -0.138. The fourth-order valence-electron chi connectivity index (χ4n) is 2.42. The summed E-state index contributed by atoms with van der Waals surface area (Å²) in [6.45, 7) is 2.59. The zero-order valence-electron chi connectivity index (χ0n) is 11.4. The Bertz CT molecular complexity index is 288. The fraction of sp³-hybridized carbons (Fsp3) is 0.846. The molecule has 0 saturated heterocycles. The molecule has 0 bridgehead atoms. The minimum atomic E-state index is -0.931. The predicted molar refractivity (Wildman–Crippen MR) is 69.5 cm³/mol. The number of carbonyl (C=O) groups excluding carboxylic acids is 1. The number of hydrogen-bond donors (Lipinski definition) is 1. The second kappa shape index (κ2) is 7.24. The van der Waals surface area contributed by atoms with Gasteiger partial charge in [-0.2, -0.15) is 0 Å². The van der Waals surface area contributed by atoms with Gasteiger partial charge in [-0.3, -0.25) is 4.79 Å². The van der Waals surface area contributed by atoms with Crippen molar-refractivity contribution in [1.29, 1.82) is 0 Å². The molecule has 1 rings (SSSR count). The highest BCUT2D eigenvalue weighted by Crippen LogP contribution is 2.24. The molecular formula is C13H24N2O3. The van der Waals surface area contributed by atoms with E-state index in [2.05, 4.69) is 6.92 Å². The summed E-state index contributed by atoms with van der Waals surface area (Å²) >= 11 is 0. The number of carbonyl (C=O) groups is 2. The number of carboxylic acids is 1. The molecule has 1 aliphatic carbocycles. The zero-order chi connectivity index (χ0) is 13.5. The Hall–Kier alpha value is -1.26. The summed E-state index contributed by atoms with van der Waals surface area (Å²) in [5.41, 5.74) is 0. The van der Waals surface area contributed by atoms with Crippen LogP contribution >= 0.6 is 0 Å². The normalized spacial score (nSPS) is 15.7. The first-order valence-corrected chi connectivity index (χ1v) is 6.79. The molecule has 1 saturated carbocycles. The maximum absolute atomic E-state index is 12.3. The van der Waals surface area contributed by atoms with Crippen LogP contribution in [0.4, 0.5) is 4.79 Å². The fourth-order valence-corrected chi connectivity index (χ4v) is 2.42. The number of hydrogen-bond acceptors (Lipinski definition) is 2. The molecule has 0 aromatic rings. The van der Waals surface area contributed by atoms with E-state index in [1.165, 1.54) is 4.90 Å². The molecule has 5 nitrogen and oxygen atoms in total. The van der Waals surface area contributed by atoms with E-state index < -0.39 is 5.97 Å². The van der Waals surface area contributed by atoms with Crippen molar-refractivity contribution in [2.45, 2.75) is 51.5 Å². The van der Waals surface area contributed by atoms with Crippen LogP contribution in [-0.2, 0) is 4.79 Å². The Morgan fingerprint density at radius 1 is 1.28 bits per heavy atom. The van der Waals surface area contributed by atoms with Gasteiger partial charge in [-0.15, -0.1) is 0 Å². The highest BCUT2D eigenvalue weighted by atomic mass is 16.4. The third kappa shape index (κ3) is 4.20. The molecule has 18 heavy (non-hydrogen) atoms. The Morgan fingerprint density at radius 2 is 1.89 bits per heavy atom. The first-order valence-electron chi connectivity index (χ1n) is 6.79. The van der Waals surface area contributed by atoms with E-state index in [1.54, 1.807) is 11.9 Å².